The smallest absolute Gasteiger partial charge is 0.140 e. The van der Waals surface area contributed by atoms with Gasteiger partial charge < -0.3 is 5.32 Å². The van der Waals surface area contributed by atoms with E-state index in [4.69, 9.17) is 0 Å². The molecule has 0 radical (unpaired) electrons. The highest BCUT2D eigenvalue weighted by Crippen LogP contribution is 2.33. The first-order valence-electron chi connectivity index (χ1n) is 6.72. The Labute approximate surface area is 136 Å². The van der Waals surface area contributed by atoms with Gasteiger partial charge >= 0.3 is 0 Å². The topological polar surface area (TPSA) is 12.0 Å². The molecule has 0 aliphatic carbocycles. The molecule has 0 amide bonds. The fraction of sp³-hybridized carbons (Fsp3) is 0.250. The Bertz CT molecular complexity index is 619. The normalized spacial score (nSPS) is 10.9. The van der Waals surface area contributed by atoms with E-state index in [1.165, 1.54) is 23.9 Å². The van der Waals surface area contributed by atoms with Crippen molar-refractivity contribution in [3.63, 3.8) is 0 Å². The molecule has 0 saturated carbocycles. The maximum Gasteiger partial charge on any atom is 0.140 e. The van der Waals surface area contributed by atoms with Crippen LogP contribution in [0.2, 0.25) is 0 Å². The summed E-state index contributed by atoms with van der Waals surface area (Å²) >= 11 is 4.77. The Morgan fingerprint density at radius 3 is 2.57 bits per heavy atom. The van der Waals surface area contributed by atoms with Gasteiger partial charge in [-0.15, -0.1) is 0 Å². The van der Waals surface area contributed by atoms with Crippen LogP contribution in [-0.4, -0.2) is 6.54 Å². The lowest BCUT2D eigenvalue weighted by atomic mass is 10.2. The summed E-state index contributed by atoms with van der Waals surface area (Å²) < 4.78 is 27.7. The van der Waals surface area contributed by atoms with Crippen LogP contribution >= 0.6 is 27.7 Å². The van der Waals surface area contributed by atoms with Crippen LogP contribution < -0.4 is 5.32 Å². The Morgan fingerprint density at radius 2 is 1.86 bits per heavy atom. The summed E-state index contributed by atoms with van der Waals surface area (Å²) in [6.45, 7) is 3.76. The number of rotatable bonds is 6. The zero-order valence-corrected chi connectivity index (χ0v) is 14.0. The van der Waals surface area contributed by atoms with Gasteiger partial charge in [0, 0.05) is 26.9 Å². The summed E-state index contributed by atoms with van der Waals surface area (Å²) in [5.41, 5.74) is 1.09. The minimum Gasteiger partial charge on any atom is -0.313 e. The Morgan fingerprint density at radius 1 is 1.10 bits per heavy atom. The molecule has 0 fully saturated rings. The molecule has 5 heteroatoms. The first-order chi connectivity index (χ1) is 10.1. The molecular formula is C16H16BrF2NS. The summed E-state index contributed by atoms with van der Waals surface area (Å²) in [7, 11) is 0. The average molecular weight is 372 g/mol. The number of halogens is 3. The maximum absolute atomic E-state index is 13.8. The minimum atomic E-state index is -0.558. The molecule has 0 aliphatic rings. The van der Waals surface area contributed by atoms with Gasteiger partial charge in [0.2, 0.25) is 0 Å². The van der Waals surface area contributed by atoms with Crippen molar-refractivity contribution in [3.05, 3.63) is 58.1 Å². The van der Waals surface area contributed by atoms with Crippen molar-refractivity contribution in [3.8, 4) is 0 Å². The van der Waals surface area contributed by atoms with E-state index in [2.05, 4.69) is 28.2 Å². The van der Waals surface area contributed by atoms with E-state index < -0.39 is 11.6 Å². The van der Waals surface area contributed by atoms with E-state index in [1.54, 1.807) is 0 Å². The Kier molecular flexibility index (Phi) is 6.21. The van der Waals surface area contributed by atoms with Crippen LogP contribution in [0, 0.1) is 11.6 Å². The summed E-state index contributed by atoms with van der Waals surface area (Å²) in [6.07, 6.45) is 1.06. The van der Waals surface area contributed by atoms with E-state index in [1.807, 2.05) is 18.2 Å². The maximum atomic E-state index is 13.8. The molecule has 0 unspecified atom stereocenters. The van der Waals surface area contributed by atoms with Gasteiger partial charge in [0.1, 0.15) is 11.6 Å². The Balaban J connectivity index is 2.22. The Hall–Kier alpha value is -0.910. The van der Waals surface area contributed by atoms with Crippen LogP contribution in [0.5, 0.6) is 0 Å². The van der Waals surface area contributed by atoms with Crippen LogP contribution in [-0.2, 0) is 6.54 Å². The van der Waals surface area contributed by atoms with E-state index in [-0.39, 0.29) is 0 Å². The van der Waals surface area contributed by atoms with Crippen molar-refractivity contribution in [1.82, 2.24) is 5.32 Å². The van der Waals surface area contributed by atoms with E-state index in [0.717, 1.165) is 40.5 Å². The SMILES string of the molecule is CCCNCc1cc(Br)ccc1Sc1ccc(F)cc1F. The average Bonchev–Trinajstić information content (AvgIpc) is 2.44. The lowest BCUT2D eigenvalue weighted by Crippen LogP contribution is -2.14. The second-order valence-corrected chi connectivity index (χ2v) is 6.61. The third-order valence-electron chi connectivity index (χ3n) is 2.88. The molecule has 112 valence electrons. The molecule has 2 aromatic rings. The summed E-state index contributed by atoms with van der Waals surface area (Å²) in [5, 5.41) is 3.34. The van der Waals surface area contributed by atoms with Crippen LogP contribution in [0.3, 0.4) is 0 Å². The highest BCUT2D eigenvalue weighted by atomic mass is 79.9. The van der Waals surface area contributed by atoms with Gasteiger partial charge in [-0.05, 0) is 48.9 Å². The third-order valence-corrected chi connectivity index (χ3v) is 4.54. The third kappa shape index (κ3) is 4.80. The van der Waals surface area contributed by atoms with E-state index in [0.29, 0.717) is 4.90 Å². The monoisotopic (exact) mass is 371 g/mol. The second-order valence-electron chi connectivity index (χ2n) is 4.61. The van der Waals surface area contributed by atoms with Crippen molar-refractivity contribution in [2.75, 3.05) is 6.54 Å². The van der Waals surface area contributed by atoms with Gasteiger partial charge in [0.05, 0.1) is 0 Å². The number of nitrogens with one attached hydrogen (secondary N) is 1. The van der Waals surface area contributed by atoms with Gasteiger partial charge in [0.25, 0.3) is 0 Å². The largest absolute Gasteiger partial charge is 0.313 e. The van der Waals surface area contributed by atoms with Crippen molar-refractivity contribution in [1.29, 1.82) is 0 Å². The summed E-state index contributed by atoms with van der Waals surface area (Å²) in [5.74, 6) is -1.09. The summed E-state index contributed by atoms with van der Waals surface area (Å²) in [6, 6.07) is 9.55. The van der Waals surface area contributed by atoms with Crippen LogP contribution in [0.4, 0.5) is 8.78 Å². The zero-order chi connectivity index (χ0) is 15.2. The summed E-state index contributed by atoms with van der Waals surface area (Å²) in [4.78, 5) is 1.39. The molecule has 0 bridgehead atoms. The number of hydrogen-bond donors (Lipinski definition) is 1. The minimum absolute atomic E-state index is 0.426. The fourth-order valence-corrected chi connectivity index (χ4v) is 3.20. The molecule has 0 aliphatic heterocycles. The zero-order valence-electron chi connectivity index (χ0n) is 11.6. The number of benzene rings is 2. The lowest BCUT2D eigenvalue weighted by molar-refractivity contribution is 0.565. The molecule has 2 aromatic carbocycles. The van der Waals surface area contributed by atoms with E-state index in [9.17, 15) is 8.78 Å². The van der Waals surface area contributed by atoms with E-state index >= 15 is 0 Å². The molecule has 1 N–H and O–H groups in total. The predicted octanol–water partition coefficient (Wildman–Crippen LogP) is 5.38. The first-order valence-corrected chi connectivity index (χ1v) is 8.33. The van der Waals surface area contributed by atoms with Crippen molar-refractivity contribution in [2.24, 2.45) is 0 Å². The molecule has 0 atom stereocenters. The molecule has 21 heavy (non-hydrogen) atoms. The van der Waals surface area contributed by atoms with Crippen LogP contribution in [0.15, 0.2) is 50.7 Å². The highest BCUT2D eigenvalue weighted by Gasteiger charge is 2.09. The van der Waals surface area contributed by atoms with Crippen LogP contribution in [0.25, 0.3) is 0 Å². The van der Waals surface area contributed by atoms with Gasteiger partial charge in [-0.3, -0.25) is 0 Å². The second kappa shape index (κ2) is 7.92. The van der Waals surface area contributed by atoms with Crippen molar-refractivity contribution >= 4 is 27.7 Å². The van der Waals surface area contributed by atoms with Crippen molar-refractivity contribution in [2.45, 2.75) is 29.7 Å². The fourth-order valence-electron chi connectivity index (χ4n) is 1.86. The molecule has 0 heterocycles. The first kappa shape index (κ1) is 16.5. The molecule has 0 saturated heterocycles. The molecular weight excluding hydrogens is 356 g/mol. The standard InChI is InChI=1S/C16H16BrF2NS/c1-2-7-20-10-11-8-12(17)3-5-15(11)21-16-6-4-13(18)9-14(16)19/h3-6,8-9,20H,2,7,10H2,1H3. The predicted molar refractivity (Wildman–Crippen MR) is 86.6 cm³/mol. The number of hydrogen-bond acceptors (Lipinski definition) is 2. The van der Waals surface area contributed by atoms with Gasteiger partial charge in [0.15, 0.2) is 0 Å². The molecule has 0 spiro atoms. The molecule has 0 aromatic heterocycles. The van der Waals surface area contributed by atoms with Gasteiger partial charge in [-0.1, -0.05) is 34.6 Å². The van der Waals surface area contributed by atoms with Crippen LogP contribution in [0.1, 0.15) is 18.9 Å². The van der Waals surface area contributed by atoms with Crippen molar-refractivity contribution < 1.29 is 8.78 Å². The molecule has 1 nitrogen and oxygen atoms in total. The quantitative estimate of drug-likeness (QED) is 0.684. The molecule has 2 rings (SSSR count). The highest BCUT2D eigenvalue weighted by molar-refractivity contribution is 9.10. The lowest BCUT2D eigenvalue weighted by Gasteiger charge is -2.11. The van der Waals surface area contributed by atoms with Gasteiger partial charge in [-0.2, -0.15) is 0 Å². The van der Waals surface area contributed by atoms with Gasteiger partial charge in [-0.25, -0.2) is 8.78 Å².